The zero-order valence-electron chi connectivity index (χ0n) is 19.9. The Hall–Kier alpha value is -3.95. The van der Waals surface area contributed by atoms with Crippen molar-refractivity contribution >= 4 is 12.2 Å². The van der Waals surface area contributed by atoms with Gasteiger partial charge in [0.25, 0.3) is 0 Å². The number of fused-ring (bicyclic) bond motifs is 1. The summed E-state index contributed by atoms with van der Waals surface area (Å²) in [5, 5.41) is 4.59. The van der Waals surface area contributed by atoms with E-state index in [4.69, 9.17) is 9.72 Å². The summed E-state index contributed by atoms with van der Waals surface area (Å²) < 4.78 is 48.3. The van der Waals surface area contributed by atoms with Gasteiger partial charge in [-0.05, 0) is 68.7 Å². The molecule has 1 aliphatic heterocycles. The molecule has 1 aliphatic rings. The first-order valence-corrected chi connectivity index (χ1v) is 11.8. The van der Waals surface area contributed by atoms with E-state index >= 15 is 0 Å². The number of alkyl halides is 3. The van der Waals surface area contributed by atoms with Crippen molar-refractivity contribution in [2.45, 2.75) is 45.3 Å². The number of aryl methyl sites for hydroxylation is 2. The number of hydrogen-bond donors (Lipinski definition) is 0. The van der Waals surface area contributed by atoms with Gasteiger partial charge in [0, 0.05) is 18.7 Å². The zero-order chi connectivity index (χ0) is 25.3. The highest BCUT2D eigenvalue weighted by atomic mass is 19.4. The summed E-state index contributed by atoms with van der Waals surface area (Å²) in [4.78, 5) is 13.6. The van der Waals surface area contributed by atoms with E-state index in [-0.39, 0.29) is 5.92 Å². The molecule has 0 bridgehead atoms. The Morgan fingerprint density at radius 2 is 1.89 bits per heavy atom. The molecule has 0 radical (unpaired) electrons. The summed E-state index contributed by atoms with van der Waals surface area (Å²) in [6.07, 6.45) is 4.56. The summed E-state index contributed by atoms with van der Waals surface area (Å²) in [6.45, 7) is 5.02. The normalized spacial score (nSPS) is 15.9. The lowest BCUT2D eigenvalue weighted by molar-refractivity contribution is -0.137. The van der Waals surface area contributed by atoms with Crippen LogP contribution in [0.4, 0.5) is 13.2 Å². The zero-order valence-corrected chi connectivity index (χ0v) is 19.9. The van der Waals surface area contributed by atoms with Gasteiger partial charge in [0.2, 0.25) is 5.88 Å². The summed E-state index contributed by atoms with van der Waals surface area (Å²) in [6, 6.07) is 9.13. The molecule has 0 saturated carbocycles. The van der Waals surface area contributed by atoms with E-state index in [1.165, 1.54) is 12.1 Å². The molecule has 7 nitrogen and oxygen atoms in total. The first-order valence-electron chi connectivity index (χ1n) is 11.8. The van der Waals surface area contributed by atoms with Crippen LogP contribution in [-0.4, -0.2) is 35.9 Å². The van der Waals surface area contributed by atoms with Gasteiger partial charge in [-0.1, -0.05) is 12.1 Å². The third-order valence-corrected chi connectivity index (χ3v) is 6.07. The smallest absolute Gasteiger partial charge is 0.416 e. The molecule has 5 rings (SSSR count). The standard InChI is InChI=1S/C26H25F3N6O/c1-3-36-25-22(34-15-17(2)30-16-34)12-10-20(31-25)11-13-23-32-24-21(5-4-14-35(24)33-23)18-6-8-19(9-7-18)26(27,28)29/h6-13,15-16,21H,3-5,14H2,1-2H3/t21-/m0/s1. The highest BCUT2D eigenvalue weighted by molar-refractivity contribution is 5.65. The molecule has 1 aromatic carbocycles. The predicted octanol–water partition coefficient (Wildman–Crippen LogP) is 5.68. The van der Waals surface area contributed by atoms with Crippen LogP contribution in [0.25, 0.3) is 17.8 Å². The SMILES string of the molecule is CCOc1nc(C=Cc2nc3n(n2)CCC[C@H]3c2ccc(C(F)(F)F)cc2)ccc1-n1cnc(C)c1. The van der Waals surface area contributed by atoms with Crippen LogP contribution >= 0.6 is 0 Å². The number of imidazole rings is 1. The minimum Gasteiger partial charge on any atom is -0.476 e. The summed E-state index contributed by atoms with van der Waals surface area (Å²) >= 11 is 0. The average Bonchev–Trinajstić information content (AvgIpc) is 3.48. The van der Waals surface area contributed by atoms with E-state index in [0.717, 1.165) is 54.3 Å². The number of pyridine rings is 1. The van der Waals surface area contributed by atoms with Gasteiger partial charge in [-0.15, -0.1) is 0 Å². The van der Waals surface area contributed by atoms with Crippen LogP contribution < -0.4 is 4.74 Å². The Labute approximate surface area is 206 Å². The van der Waals surface area contributed by atoms with Crippen molar-refractivity contribution in [1.29, 1.82) is 0 Å². The Bertz CT molecular complexity index is 1390. The van der Waals surface area contributed by atoms with Crippen molar-refractivity contribution in [3.63, 3.8) is 0 Å². The minimum absolute atomic E-state index is 0.101. The van der Waals surface area contributed by atoms with E-state index in [2.05, 4.69) is 15.1 Å². The van der Waals surface area contributed by atoms with Crippen molar-refractivity contribution in [2.24, 2.45) is 0 Å². The molecular formula is C26H25F3N6O. The minimum atomic E-state index is -4.35. The third-order valence-electron chi connectivity index (χ3n) is 6.07. The van der Waals surface area contributed by atoms with Gasteiger partial charge in [-0.2, -0.15) is 18.3 Å². The lowest BCUT2D eigenvalue weighted by Crippen LogP contribution is -2.18. The second-order valence-electron chi connectivity index (χ2n) is 8.61. The number of hydrogen-bond acceptors (Lipinski definition) is 5. The second-order valence-corrected chi connectivity index (χ2v) is 8.61. The highest BCUT2D eigenvalue weighted by Gasteiger charge is 2.31. The van der Waals surface area contributed by atoms with Gasteiger partial charge in [0.1, 0.15) is 11.5 Å². The molecule has 0 saturated heterocycles. The van der Waals surface area contributed by atoms with E-state index < -0.39 is 11.7 Å². The molecule has 0 fully saturated rings. The van der Waals surface area contributed by atoms with Gasteiger partial charge in [0.05, 0.1) is 29.9 Å². The van der Waals surface area contributed by atoms with Gasteiger partial charge in [-0.3, -0.25) is 0 Å². The molecule has 0 amide bonds. The second kappa shape index (κ2) is 9.60. The monoisotopic (exact) mass is 494 g/mol. The summed E-state index contributed by atoms with van der Waals surface area (Å²) in [7, 11) is 0. The maximum atomic E-state index is 13.0. The molecule has 4 heterocycles. The van der Waals surface area contributed by atoms with Gasteiger partial charge in [0.15, 0.2) is 5.82 Å². The van der Waals surface area contributed by atoms with Crippen LogP contribution in [0.15, 0.2) is 48.9 Å². The van der Waals surface area contributed by atoms with Crippen molar-refractivity contribution in [2.75, 3.05) is 6.61 Å². The molecule has 3 aromatic heterocycles. The molecule has 0 unspecified atom stereocenters. The predicted molar refractivity (Wildman–Crippen MR) is 129 cm³/mol. The lowest BCUT2D eigenvalue weighted by Gasteiger charge is -2.22. The fraction of sp³-hybridized carbons (Fsp3) is 0.308. The number of benzene rings is 1. The molecule has 10 heteroatoms. The number of halogens is 3. The topological polar surface area (TPSA) is 70.7 Å². The van der Waals surface area contributed by atoms with Crippen LogP contribution in [0.2, 0.25) is 0 Å². The van der Waals surface area contributed by atoms with Gasteiger partial charge in [-0.25, -0.2) is 19.6 Å². The van der Waals surface area contributed by atoms with Gasteiger partial charge < -0.3 is 9.30 Å². The molecule has 0 spiro atoms. The molecule has 0 N–H and O–H groups in total. The van der Waals surface area contributed by atoms with E-state index in [1.807, 2.05) is 47.5 Å². The van der Waals surface area contributed by atoms with Crippen LogP contribution in [0.1, 0.15) is 59.8 Å². The molecule has 36 heavy (non-hydrogen) atoms. The van der Waals surface area contributed by atoms with Crippen LogP contribution in [-0.2, 0) is 12.7 Å². The van der Waals surface area contributed by atoms with Gasteiger partial charge >= 0.3 is 6.18 Å². The summed E-state index contributed by atoms with van der Waals surface area (Å²) in [5.74, 6) is 1.68. The molecule has 186 valence electrons. The van der Waals surface area contributed by atoms with Crippen molar-refractivity contribution < 1.29 is 17.9 Å². The largest absolute Gasteiger partial charge is 0.476 e. The highest BCUT2D eigenvalue weighted by Crippen LogP contribution is 2.35. The fourth-order valence-corrected chi connectivity index (χ4v) is 4.35. The van der Waals surface area contributed by atoms with Crippen molar-refractivity contribution in [1.82, 2.24) is 29.3 Å². The van der Waals surface area contributed by atoms with E-state index in [1.54, 1.807) is 12.4 Å². The number of rotatable bonds is 6. The molecule has 4 aromatic rings. The number of ether oxygens (including phenoxy) is 1. The lowest BCUT2D eigenvalue weighted by atomic mass is 9.90. The van der Waals surface area contributed by atoms with Crippen molar-refractivity contribution in [3.8, 4) is 11.6 Å². The van der Waals surface area contributed by atoms with Crippen molar-refractivity contribution in [3.05, 3.63) is 83.1 Å². The Balaban J connectivity index is 1.39. The van der Waals surface area contributed by atoms with E-state index in [0.29, 0.717) is 24.0 Å². The van der Waals surface area contributed by atoms with Crippen LogP contribution in [0.5, 0.6) is 5.88 Å². The molecule has 1 atom stereocenters. The van der Waals surface area contributed by atoms with Crippen LogP contribution in [0.3, 0.4) is 0 Å². The number of nitrogens with zero attached hydrogens (tertiary/aromatic N) is 6. The van der Waals surface area contributed by atoms with E-state index in [9.17, 15) is 13.2 Å². The fourth-order valence-electron chi connectivity index (χ4n) is 4.35. The average molecular weight is 495 g/mol. The maximum Gasteiger partial charge on any atom is 0.416 e. The first kappa shape index (κ1) is 23.8. The first-order chi connectivity index (χ1) is 17.3. The maximum absolute atomic E-state index is 13.0. The third kappa shape index (κ3) is 4.89. The molecule has 0 aliphatic carbocycles. The number of aromatic nitrogens is 6. The Kier molecular flexibility index (Phi) is 6.34. The Morgan fingerprint density at radius 3 is 2.58 bits per heavy atom. The molecular weight excluding hydrogens is 469 g/mol. The van der Waals surface area contributed by atoms with Crippen LogP contribution in [0, 0.1) is 6.92 Å². The Morgan fingerprint density at radius 1 is 1.08 bits per heavy atom. The quantitative estimate of drug-likeness (QED) is 0.345. The summed E-state index contributed by atoms with van der Waals surface area (Å²) in [5.41, 5.74) is 2.53.